The maximum atomic E-state index is 11.9. The Labute approximate surface area is 124 Å². The van der Waals surface area contributed by atoms with E-state index in [-0.39, 0.29) is 36.5 Å². The van der Waals surface area contributed by atoms with Crippen molar-refractivity contribution >= 4 is 35.0 Å². The first kappa shape index (κ1) is 17.1. The van der Waals surface area contributed by atoms with Gasteiger partial charge in [-0.2, -0.15) is 13.2 Å². The molecule has 0 aliphatic rings. The minimum atomic E-state index is -4.23. The predicted octanol–water partition coefficient (Wildman–Crippen LogP) is 3.43. The van der Waals surface area contributed by atoms with E-state index < -0.39 is 5.51 Å². The normalized spacial score (nSPS) is 11.4. The van der Waals surface area contributed by atoms with Gasteiger partial charge in [0, 0.05) is 23.0 Å². The Morgan fingerprint density at radius 2 is 2.10 bits per heavy atom. The molecule has 112 valence electrons. The van der Waals surface area contributed by atoms with Crippen LogP contribution in [0.4, 0.5) is 18.9 Å². The van der Waals surface area contributed by atoms with Crippen molar-refractivity contribution in [3.8, 4) is 0 Å². The highest BCUT2D eigenvalue weighted by atomic mass is 35.5. The first-order valence-corrected chi connectivity index (χ1v) is 7.12. The zero-order valence-electron chi connectivity index (χ0n) is 10.7. The van der Waals surface area contributed by atoms with Gasteiger partial charge in [0.05, 0.1) is 6.54 Å². The van der Waals surface area contributed by atoms with Crippen molar-refractivity contribution in [2.24, 2.45) is 0 Å². The Hall–Kier alpha value is -0.920. The van der Waals surface area contributed by atoms with Crippen LogP contribution in [0, 0.1) is 6.92 Å². The molecule has 1 amide bonds. The first-order valence-electron chi connectivity index (χ1n) is 5.75. The number of amides is 1. The van der Waals surface area contributed by atoms with Crippen LogP contribution >= 0.6 is 23.4 Å². The fourth-order valence-electron chi connectivity index (χ4n) is 1.36. The van der Waals surface area contributed by atoms with Crippen molar-refractivity contribution in [1.29, 1.82) is 0 Å². The number of carbonyl (C=O) groups is 1. The molecule has 0 saturated carbocycles. The van der Waals surface area contributed by atoms with E-state index in [9.17, 15) is 18.0 Å². The SMILES string of the molecule is Cc1ccc(Cl)cc1NC(=O)CNCCSC(F)(F)F. The molecule has 3 nitrogen and oxygen atoms in total. The third-order valence-electron chi connectivity index (χ3n) is 2.30. The van der Waals surface area contributed by atoms with Crippen LogP contribution in [-0.4, -0.2) is 30.3 Å². The summed E-state index contributed by atoms with van der Waals surface area (Å²) in [4.78, 5) is 11.6. The van der Waals surface area contributed by atoms with E-state index in [0.29, 0.717) is 10.7 Å². The van der Waals surface area contributed by atoms with Gasteiger partial charge < -0.3 is 10.6 Å². The van der Waals surface area contributed by atoms with Crippen LogP contribution in [0.1, 0.15) is 5.56 Å². The number of rotatable bonds is 6. The van der Waals surface area contributed by atoms with Crippen LogP contribution in [0.3, 0.4) is 0 Å². The lowest BCUT2D eigenvalue weighted by Gasteiger charge is -2.10. The highest BCUT2D eigenvalue weighted by Crippen LogP contribution is 2.29. The summed E-state index contributed by atoms with van der Waals surface area (Å²) in [5, 5.41) is 5.79. The first-order chi connectivity index (χ1) is 9.28. The van der Waals surface area contributed by atoms with E-state index in [2.05, 4.69) is 10.6 Å². The van der Waals surface area contributed by atoms with Gasteiger partial charge in [0.15, 0.2) is 0 Å². The quantitative estimate of drug-likeness (QED) is 0.787. The molecular weight excluding hydrogens is 313 g/mol. The van der Waals surface area contributed by atoms with Crippen molar-refractivity contribution in [2.75, 3.05) is 24.2 Å². The Kier molecular flexibility index (Phi) is 6.64. The monoisotopic (exact) mass is 326 g/mol. The number of thioether (sulfide) groups is 1. The van der Waals surface area contributed by atoms with Gasteiger partial charge in [-0.3, -0.25) is 4.79 Å². The Morgan fingerprint density at radius 1 is 1.40 bits per heavy atom. The molecule has 1 aromatic rings. The van der Waals surface area contributed by atoms with Gasteiger partial charge >= 0.3 is 5.51 Å². The van der Waals surface area contributed by atoms with Crippen molar-refractivity contribution in [3.63, 3.8) is 0 Å². The van der Waals surface area contributed by atoms with Crippen molar-refractivity contribution < 1.29 is 18.0 Å². The number of alkyl halides is 3. The molecule has 1 rings (SSSR count). The van der Waals surface area contributed by atoms with E-state index in [1.165, 1.54) is 0 Å². The number of anilines is 1. The second-order valence-corrected chi connectivity index (χ2v) is 5.57. The minimum Gasteiger partial charge on any atom is -0.325 e. The van der Waals surface area contributed by atoms with E-state index in [4.69, 9.17) is 11.6 Å². The highest BCUT2D eigenvalue weighted by molar-refractivity contribution is 8.00. The molecule has 0 atom stereocenters. The Balaban J connectivity index is 2.29. The number of aryl methyl sites for hydroxylation is 1. The zero-order valence-corrected chi connectivity index (χ0v) is 12.3. The van der Waals surface area contributed by atoms with Gasteiger partial charge in [-0.1, -0.05) is 17.7 Å². The summed E-state index contributed by atoms with van der Waals surface area (Å²) in [5.74, 6) is -0.458. The molecule has 0 heterocycles. The minimum absolute atomic E-state index is 0.0512. The Bertz CT molecular complexity index is 469. The third kappa shape index (κ3) is 7.02. The van der Waals surface area contributed by atoms with Gasteiger partial charge in [-0.05, 0) is 36.4 Å². The lowest BCUT2D eigenvalue weighted by Crippen LogP contribution is -2.30. The van der Waals surface area contributed by atoms with Gasteiger partial charge in [0.25, 0.3) is 0 Å². The van der Waals surface area contributed by atoms with Crippen LogP contribution in [-0.2, 0) is 4.79 Å². The van der Waals surface area contributed by atoms with Gasteiger partial charge in [-0.15, -0.1) is 0 Å². The molecule has 0 radical (unpaired) electrons. The number of hydrogen-bond acceptors (Lipinski definition) is 3. The highest BCUT2D eigenvalue weighted by Gasteiger charge is 2.27. The van der Waals surface area contributed by atoms with Crippen molar-refractivity contribution in [1.82, 2.24) is 5.32 Å². The summed E-state index contributed by atoms with van der Waals surface area (Å²) in [5.41, 5.74) is -2.79. The molecule has 1 aromatic carbocycles. The number of hydrogen-bond donors (Lipinski definition) is 2. The molecule has 0 saturated heterocycles. The summed E-state index contributed by atoms with van der Waals surface area (Å²) in [6, 6.07) is 5.10. The second-order valence-electron chi connectivity index (χ2n) is 3.98. The van der Waals surface area contributed by atoms with Gasteiger partial charge in [0.1, 0.15) is 0 Å². The average molecular weight is 327 g/mol. The molecule has 0 aliphatic carbocycles. The second kappa shape index (κ2) is 7.75. The van der Waals surface area contributed by atoms with Crippen LogP contribution in [0.15, 0.2) is 18.2 Å². The predicted molar refractivity (Wildman–Crippen MR) is 76.2 cm³/mol. The fraction of sp³-hybridized carbons (Fsp3) is 0.417. The summed E-state index contributed by atoms with van der Waals surface area (Å²) < 4.78 is 35.6. The van der Waals surface area contributed by atoms with Gasteiger partial charge in [-0.25, -0.2) is 0 Å². The average Bonchev–Trinajstić information content (AvgIpc) is 2.32. The molecule has 8 heteroatoms. The lowest BCUT2D eigenvalue weighted by molar-refractivity contribution is -0.115. The van der Waals surface area contributed by atoms with Crippen LogP contribution in [0.5, 0.6) is 0 Å². The maximum Gasteiger partial charge on any atom is 0.441 e. The number of halogens is 4. The molecule has 0 aromatic heterocycles. The lowest BCUT2D eigenvalue weighted by atomic mass is 10.2. The molecule has 20 heavy (non-hydrogen) atoms. The van der Waals surface area contributed by atoms with E-state index in [1.54, 1.807) is 18.2 Å². The summed E-state index contributed by atoms with van der Waals surface area (Å²) in [6.45, 7) is 1.87. The maximum absolute atomic E-state index is 11.9. The van der Waals surface area contributed by atoms with Gasteiger partial charge in [0.2, 0.25) is 5.91 Å². The van der Waals surface area contributed by atoms with E-state index in [0.717, 1.165) is 5.56 Å². The molecular formula is C12H14ClF3N2OS. The summed E-state index contributed by atoms with van der Waals surface area (Å²) >= 11 is 5.69. The fourth-order valence-corrected chi connectivity index (χ4v) is 2.01. The van der Waals surface area contributed by atoms with Crippen molar-refractivity contribution in [2.45, 2.75) is 12.4 Å². The zero-order chi connectivity index (χ0) is 15.2. The number of carbonyl (C=O) groups excluding carboxylic acids is 1. The Morgan fingerprint density at radius 3 is 2.75 bits per heavy atom. The largest absolute Gasteiger partial charge is 0.441 e. The third-order valence-corrected chi connectivity index (χ3v) is 3.27. The molecule has 0 aliphatic heterocycles. The standard InChI is InChI=1S/C12H14ClF3N2OS/c1-8-2-3-9(13)6-10(8)18-11(19)7-17-4-5-20-12(14,15)16/h2-3,6,17H,4-5,7H2,1H3,(H,18,19). The number of nitrogens with one attached hydrogen (secondary N) is 2. The van der Waals surface area contributed by atoms with E-state index in [1.807, 2.05) is 6.92 Å². The summed E-state index contributed by atoms with van der Waals surface area (Å²) in [6.07, 6.45) is 0. The topological polar surface area (TPSA) is 41.1 Å². The molecule has 0 bridgehead atoms. The van der Waals surface area contributed by atoms with Crippen LogP contribution in [0.25, 0.3) is 0 Å². The smallest absolute Gasteiger partial charge is 0.325 e. The molecule has 0 spiro atoms. The number of benzene rings is 1. The van der Waals surface area contributed by atoms with E-state index >= 15 is 0 Å². The molecule has 2 N–H and O–H groups in total. The summed E-state index contributed by atoms with van der Waals surface area (Å²) in [7, 11) is 0. The molecule has 0 fully saturated rings. The van der Waals surface area contributed by atoms with Crippen LogP contribution < -0.4 is 10.6 Å². The molecule has 0 unspecified atom stereocenters. The van der Waals surface area contributed by atoms with Crippen LogP contribution in [0.2, 0.25) is 5.02 Å². The van der Waals surface area contributed by atoms with Crippen molar-refractivity contribution in [3.05, 3.63) is 28.8 Å².